The van der Waals surface area contributed by atoms with Crippen molar-refractivity contribution in [2.24, 2.45) is 0 Å². The van der Waals surface area contributed by atoms with Gasteiger partial charge in [0.25, 0.3) is 0 Å². The van der Waals surface area contributed by atoms with Crippen molar-refractivity contribution in [3.8, 4) is 17.3 Å². The average Bonchev–Trinajstić information content (AvgIpc) is 3.34. The molecule has 6 rings (SSSR count). The highest BCUT2D eigenvalue weighted by molar-refractivity contribution is 6.30. The molecule has 4 aromatic rings. The van der Waals surface area contributed by atoms with Crippen LogP contribution < -0.4 is 5.01 Å². The number of halogens is 1. The number of benzene rings is 4. The molecule has 1 aliphatic carbocycles. The smallest absolute Gasteiger partial charge is 0.200 e. The Morgan fingerprint density at radius 3 is 1.91 bits per heavy atom. The fourth-order valence-corrected chi connectivity index (χ4v) is 5.63. The van der Waals surface area contributed by atoms with E-state index in [1.165, 1.54) is 22.3 Å². The van der Waals surface area contributed by atoms with Gasteiger partial charge < -0.3 is 0 Å². The molecule has 1 spiro atoms. The summed E-state index contributed by atoms with van der Waals surface area (Å²) in [5.74, 6) is 0. The van der Waals surface area contributed by atoms with Crippen LogP contribution in [0.2, 0.25) is 5.02 Å². The van der Waals surface area contributed by atoms with Crippen LogP contribution in [-0.2, 0) is 5.54 Å². The topological polar surface area (TPSA) is 30.3 Å². The van der Waals surface area contributed by atoms with E-state index in [0.29, 0.717) is 5.02 Å². The Balaban J connectivity index is 1.67. The molecule has 1 fully saturated rings. The van der Waals surface area contributed by atoms with Gasteiger partial charge in [-0.1, -0.05) is 90.5 Å². The van der Waals surface area contributed by atoms with Crippen molar-refractivity contribution in [3.63, 3.8) is 0 Å². The molecule has 1 heterocycles. The summed E-state index contributed by atoms with van der Waals surface area (Å²) in [4.78, 5) is 0. The predicted octanol–water partition coefficient (Wildman–Crippen LogP) is 6.91. The normalized spacial score (nSPS) is 17.8. The van der Waals surface area contributed by atoms with E-state index in [1.807, 2.05) is 47.5 Å². The third-order valence-corrected chi connectivity index (χ3v) is 7.01. The molecule has 3 nitrogen and oxygen atoms in total. The van der Waals surface area contributed by atoms with Crippen LogP contribution in [0, 0.1) is 11.5 Å². The van der Waals surface area contributed by atoms with E-state index in [0.717, 1.165) is 17.7 Å². The van der Waals surface area contributed by atoms with Gasteiger partial charge in [-0.2, -0.15) is 5.26 Å². The first-order valence-corrected chi connectivity index (χ1v) is 11.1. The monoisotopic (exact) mass is 433 g/mol. The number of anilines is 1. The minimum atomic E-state index is -0.489. The van der Waals surface area contributed by atoms with Crippen LogP contribution in [0.3, 0.4) is 0 Å². The van der Waals surface area contributed by atoms with Gasteiger partial charge >= 0.3 is 0 Å². The minimum absolute atomic E-state index is 0.0870. The van der Waals surface area contributed by atoms with Crippen molar-refractivity contribution < 1.29 is 0 Å². The van der Waals surface area contributed by atoms with E-state index in [9.17, 15) is 5.26 Å². The molecule has 0 saturated carbocycles. The number of hydrazine groups is 1. The molecular weight excluding hydrogens is 414 g/mol. The van der Waals surface area contributed by atoms with E-state index in [-0.39, 0.29) is 6.04 Å². The lowest BCUT2D eigenvalue weighted by Gasteiger charge is -2.40. The van der Waals surface area contributed by atoms with Crippen LogP contribution >= 0.6 is 11.6 Å². The lowest BCUT2D eigenvalue weighted by atomic mass is 9.81. The van der Waals surface area contributed by atoms with Crippen LogP contribution in [-0.4, -0.2) is 5.01 Å². The zero-order valence-corrected chi connectivity index (χ0v) is 18.1. The molecule has 1 saturated heterocycles. The number of fused-ring (bicyclic) bond motifs is 5. The van der Waals surface area contributed by atoms with Gasteiger partial charge in [-0.25, -0.2) is 5.01 Å². The summed E-state index contributed by atoms with van der Waals surface area (Å²) in [7, 11) is 0. The first kappa shape index (κ1) is 19.0. The largest absolute Gasteiger partial charge is 0.261 e. The predicted molar refractivity (Wildman–Crippen MR) is 128 cm³/mol. The highest BCUT2D eigenvalue weighted by atomic mass is 35.5. The average molecular weight is 434 g/mol. The molecule has 0 N–H and O–H groups in total. The summed E-state index contributed by atoms with van der Waals surface area (Å²) in [6, 6.07) is 35.2. The maximum atomic E-state index is 10.4. The standard InChI is InChI=1S/C28H20ClN3/c29-21-14-16-22(17-15-21)32-28(18-27(31(32)19-30)20-8-2-1-3-9-20)25-12-6-4-10-23(25)24-11-5-7-13-26(24)28/h1-17,27H,18H2. The Kier molecular flexibility index (Phi) is 4.24. The minimum Gasteiger partial charge on any atom is -0.261 e. The molecule has 4 aromatic carbocycles. The third-order valence-electron chi connectivity index (χ3n) is 6.75. The fraction of sp³-hybridized carbons (Fsp3) is 0.107. The van der Waals surface area contributed by atoms with Gasteiger partial charge in [-0.05, 0) is 52.1 Å². The third kappa shape index (κ3) is 2.54. The van der Waals surface area contributed by atoms with Gasteiger partial charge in [0.05, 0.1) is 11.7 Å². The van der Waals surface area contributed by atoms with Gasteiger partial charge in [-0.15, -0.1) is 0 Å². The maximum absolute atomic E-state index is 10.4. The van der Waals surface area contributed by atoms with Crippen molar-refractivity contribution in [1.29, 1.82) is 5.26 Å². The van der Waals surface area contributed by atoms with E-state index in [1.54, 1.807) is 0 Å². The van der Waals surface area contributed by atoms with Crippen molar-refractivity contribution >= 4 is 17.3 Å². The van der Waals surface area contributed by atoms with E-state index in [2.05, 4.69) is 71.9 Å². The van der Waals surface area contributed by atoms with Crippen LogP contribution in [0.15, 0.2) is 103 Å². The summed E-state index contributed by atoms with van der Waals surface area (Å²) in [6.07, 6.45) is 3.28. The Labute approximate surface area is 192 Å². The first-order chi connectivity index (χ1) is 15.7. The molecule has 1 atom stereocenters. The number of hydrogen-bond donors (Lipinski definition) is 0. The molecule has 0 aromatic heterocycles. The Hall–Kier alpha value is -3.74. The second kappa shape index (κ2) is 7.15. The van der Waals surface area contributed by atoms with Crippen LogP contribution in [0.5, 0.6) is 0 Å². The van der Waals surface area contributed by atoms with E-state index < -0.39 is 5.54 Å². The SMILES string of the molecule is N#CN1C(c2ccccc2)CC2(c3ccccc3-c3ccccc32)N1c1ccc(Cl)cc1. The molecular formula is C28H20ClN3. The fourth-order valence-electron chi connectivity index (χ4n) is 5.50. The number of rotatable bonds is 2. The second-order valence-corrected chi connectivity index (χ2v) is 8.75. The highest BCUT2D eigenvalue weighted by Crippen LogP contribution is 2.60. The van der Waals surface area contributed by atoms with E-state index in [4.69, 9.17) is 11.6 Å². The summed E-state index contributed by atoms with van der Waals surface area (Å²) < 4.78 is 0. The van der Waals surface area contributed by atoms with Crippen LogP contribution in [0.4, 0.5) is 5.69 Å². The first-order valence-electron chi connectivity index (χ1n) is 10.7. The highest BCUT2D eigenvalue weighted by Gasteiger charge is 2.57. The summed E-state index contributed by atoms with van der Waals surface area (Å²) >= 11 is 6.23. The van der Waals surface area contributed by atoms with Gasteiger partial charge in [0, 0.05) is 11.4 Å². The summed E-state index contributed by atoms with van der Waals surface area (Å²) in [5.41, 5.74) is 6.51. The number of hydrogen-bond acceptors (Lipinski definition) is 3. The number of nitrogens with zero attached hydrogens (tertiary/aromatic N) is 3. The van der Waals surface area contributed by atoms with Crippen molar-refractivity contribution in [2.45, 2.75) is 18.0 Å². The van der Waals surface area contributed by atoms with Crippen molar-refractivity contribution in [2.75, 3.05) is 5.01 Å². The molecule has 0 amide bonds. The second-order valence-electron chi connectivity index (χ2n) is 8.31. The lowest BCUT2D eigenvalue weighted by Crippen LogP contribution is -2.46. The van der Waals surface area contributed by atoms with Gasteiger partial charge in [0.2, 0.25) is 6.19 Å². The summed E-state index contributed by atoms with van der Waals surface area (Å²) in [6.45, 7) is 0. The van der Waals surface area contributed by atoms with Gasteiger partial charge in [0.15, 0.2) is 0 Å². The van der Waals surface area contributed by atoms with Gasteiger partial charge in [0.1, 0.15) is 5.54 Å². The van der Waals surface area contributed by atoms with E-state index >= 15 is 0 Å². The Morgan fingerprint density at radius 1 is 0.750 bits per heavy atom. The number of nitriles is 1. The molecule has 4 heteroatoms. The zero-order chi connectivity index (χ0) is 21.7. The zero-order valence-electron chi connectivity index (χ0n) is 17.3. The van der Waals surface area contributed by atoms with Gasteiger partial charge in [-0.3, -0.25) is 5.01 Å². The molecule has 1 unspecified atom stereocenters. The molecule has 32 heavy (non-hydrogen) atoms. The quantitative estimate of drug-likeness (QED) is 0.321. The molecule has 0 bridgehead atoms. The molecule has 0 radical (unpaired) electrons. The van der Waals surface area contributed by atoms with Crippen molar-refractivity contribution in [3.05, 3.63) is 125 Å². The molecule has 1 aliphatic heterocycles. The molecule has 2 aliphatic rings. The van der Waals surface area contributed by atoms with Crippen molar-refractivity contribution in [1.82, 2.24) is 5.01 Å². The Morgan fingerprint density at radius 2 is 1.31 bits per heavy atom. The summed E-state index contributed by atoms with van der Waals surface area (Å²) in [5, 5.41) is 15.1. The molecule has 154 valence electrons. The maximum Gasteiger partial charge on any atom is 0.200 e. The Bertz CT molecular complexity index is 1300. The lowest BCUT2D eigenvalue weighted by molar-refractivity contribution is 0.334. The van der Waals surface area contributed by atoms with Crippen LogP contribution in [0.1, 0.15) is 29.2 Å². The van der Waals surface area contributed by atoms with Crippen LogP contribution in [0.25, 0.3) is 11.1 Å².